The number of carbonyl (C=O) groups is 1. The molecule has 0 atom stereocenters. The largest absolute Gasteiger partial charge is 0.478 e. The van der Waals surface area contributed by atoms with Crippen LogP contribution in [0.25, 0.3) is 0 Å². The number of nitrogens with zero attached hydrogens (tertiary/aromatic N) is 1. The summed E-state index contributed by atoms with van der Waals surface area (Å²) in [5.41, 5.74) is 0.270. The number of carboxylic acids is 1. The van der Waals surface area contributed by atoms with Gasteiger partial charge in [-0.25, -0.2) is 4.79 Å². The van der Waals surface area contributed by atoms with Crippen molar-refractivity contribution in [1.82, 2.24) is 4.90 Å². The molecule has 0 rings (SSSR count). The summed E-state index contributed by atoms with van der Waals surface area (Å²) in [6.45, 7) is 8.75. The Morgan fingerprint density at radius 1 is 1.35 bits per heavy atom. The highest BCUT2D eigenvalue weighted by atomic mass is 16.4. The molecule has 0 aliphatic carbocycles. The summed E-state index contributed by atoms with van der Waals surface area (Å²) in [6.07, 6.45) is 9.98. The molecule has 0 radical (unpaired) electrons. The predicted octanol–water partition coefficient (Wildman–Crippen LogP) is 2.86. The van der Waals surface area contributed by atoms with Crippen molar-refractivity contribution in [1.29, 1.82) is 0 Å². The maximum absolute atomic E-state index is 10.5. The molecule has 0 unspecified atom stereocenters. The van der Waals surface area contributed by atoms with E-state index in [2.05, 4.69) is 30.2 Å². The van der Waals surface area contributed by atoms with E-state index >= 15 is 0 Å². The zero-order chi connectivity index (χ0) is 13.1. The van der Waals surface area contributed by atoms with Crippen LogP contribution in [0.2, 0.25) is 0 Å². The zero-order valence-electron chi connectivity index (χ0n) is 10.7. The summed E-state index contributed by atoms with van der Waals surface area (Å²) in [4.78, 5) is 12.6. The highest BCUT2D eigenvalue weighted by Gasteiger charge is 2.04. The Bertz CT molecular complexity index is 282. The number of allylic oxidation sites excluding steroid dienone is 2. The Morgan fingerprint density at radius 3 is 2.65 bits per heavy atom. The fourth-order valence-electron chi connectivity index (χ4n) is 1.28. The molecule has 0 aromatic rings. The molecule has 0 aliphatic rings. The number of unbranched alkanes of at least 4 members (excludes halogenated alkanes) is 2. The predicted molar refractivity (Wildman–Crippen MR) is 72.1 cm³/mol. The van der Waals surface area contributed by atoms with E-state index in [1.165, 1.54) is 0 Å². The van der Waals surface area contributed by atoms with Gasteiger partial charge in [-0.1, -0.05) is 24.8 Å². The van der Waals surface area contributed by atoms with Gasteiger partial charge in [0.05, 0.1) is 0 Å². The van der Waals surface area contributed by atoms with E-state index in [4.69, 9.17) is 5.11 Å². The Balaban J connectivity index is 3.58. The van der Waals surface area contributed by atoms with Gasteiger partial charge in [0.1, 0.15) is 0 Å². The molecule has 0 fully saturated rings. The van der Waals surface area contributed by atoms with Crippen LogP contribution in [-0.2, 0) is 4.79 Å². The molecule has 0 saturated heterocycles. The van der Waals surface area contributed by atoms with Crippen molar-refractivity contribution in [2.45, 2.75) is 25.7 Å². The molecule has 3 nitrogen and oxygen atoms in total. The van der Waals surface area contributed by atoms with Crippen LogP contribution >= 0.6 is 0 Å². The zero-order valence-corrected chi connectivity index (χ0v) is 10.7. The molecule has 17 heavy (non-hydrogen) atoms. The minimum absolute atomic E-state index is 0.270. The number of aliphatic carboxylic acids is 1. The van der Waals surface area contributed by atoms with Crippen LogP contribution in [0.4, 0.5) is 0 Å². The van der Waals surface area contributed by atoms with E-state index in [1.54, 1.807) is 0 Å². The summed E-state index contributed by atoms with van der Waals surface area (Å²) < 4.78 is 0. The van der Waals surface area contributed by atoms with Crippen LogP contribution in [0, 0.1) is 0 Å². The van der Waals surface area contributed by atoms with Crippen molar-refractivity contribution < 1.29 is 9.90 Å². The molecule has 0 aliphatic heterocycles. The van der Waals surface area contributed by atoms with Crippen LogP contribution in [0.3, 0.4) is 0 Å². The van der Waals surface area contributed by atoms with Crippen LogP contribution in [0.5, 0.6) is 0 Å². The van der Waals surface area contributed by atoms with Gasteiger partial charge in [0.2, 0.25) is 0 Å². The van der Waals surface area contributed by atoms with E-state index < -0.39 is 5.97 Å². The van der Waals surface area contributed by atoms with Gasteiger partial charge in [0.15, 0.2) is 0 Å². The highest BCUT2D eigenvalue weighted by molar-refractivity contribution is 5.85. The second-order valence-corrected chi connectivity index (χ2v) is 4.11. The lowest BCUT2D eigenvalue weighted by atomic mass is 10.2. The van der Waals surface area contributed by atoms with Crippen molar-refractivity contribution >= 4 is 5.97 Å². The molecule has 96 valence electrons. The second kappa shape index (κ2) is 9.85. The number of likely N-dealkylation sites (N-methyl/N-ethyl adjacent to an activating group) is 1. The second-order valence-electron chi connectivity index (χ2n) is 4.11. The van der Waals surface area contributed by atoms with Crippen molar-refractivity contribution in [3.63, 3.8) is 0 Å². The van der Waals surface area contributed by atoms with Gasteiger partial charge in [-0.3, -0.25) is 0 Å². The third kappa shape index (κ3) is 9.57. The summed E-state index contributed by atoms with van der Waals surface area (Å²) in [7, 11) is 1.98. The van der Waals surface area contributed by atoms with Gasteiger partial charge < -0.3 is 10.0 Å². The first-order valence-corrected chi connectivity index (χ1v) is 5.93. The molecule has 1 N–H and O–H groups in total. The van der Waals surface area contributed by atoms with Crippen molar-refractivity contribution in [2.24, 2.45) is 0 Å². The topological polar surface area (TPSA) is 40.5 Å². The van der Waals surface area contributed by atoms with Gasteiger partial charge in [-0.2, -0.15) is 0 Å². The minimum Gasteiger partial charge on any atom is -0.478 e. The number of rotatable bonds is 10. The van der Waals surface area contributed by atoms with E-state index in [0.29, 0.717) is 6.42 Å². The Hall–Kier alpha value is -1.35. The molecule has 0 saturated carbocycles. The fraction of sp³-hybridized carbons (Fsp3) is 0.500. The lowest BCUT2D eigenvalue weighted by molar-refractivity contribution is -0.132. The average Bonchev–Trinajstić information content (AvgIpc) is 2.30. The van der Waals surface area contributed by atoms with Crippen molar-refractivity contribution in [3.8, 4) is 0 Å². The molecule has 0 amide bonds. The molecular formula is C14H23NO2. The SMILES string of the molecule is C=CCCCC=CCN(C)CCC(=C)C(=O)O. The third-order valence-corrected chi connectivity index (χ3v) is 2.46. The van der Waals surface area contributed by atoms with Crippen LogP contribution in [0.1, 0.15) is 25.7 Å². The van der Waals surface area contributed by atoms with Crippen LogP contribution in [0.15, 0.2) is 37.0 Å². The van der Waals surface area contributed by atoms with Gasteiger partial charge in [-0.05, 0) is 32.7 Å². The quantitative estimate of drug-likeness (QED) is 0.361. The molecular weight excluding hydrogens is 214 g/mol. The average molecular weight is 237 g/mol. The molecule has 0 spiro atoms. The molecule has 0 heterocycles. The van der Waals surface area contributed by atoms with Crippen LogP contribution < -0.4 is 0 Å². The van der Waals surface area contributed by atoms with E-state index in [1.807, 2.05) is 13.1 Å². The Kier molecular flexibility index (Phi) is 9.06. The van der Waals surface area contributed by atoms with Gasteiger partial charge in [0, 0.05) is 18.7 Å². The monoisotopic (exact) mass is 237 g/mol. The minimum atomic E-state index is -0.904. The standard InChI is InChI=1S/C14H23NO2/c1-4-5-6-7-8-9-11-15(3)12-10-13(2)14(16)17/h4,8-9H,1-2,5-7,10-12H2,3H3,(H,16,17). The van der Waals surface area contributed by atoms with E-state index in [0.717, 1.165) is 32.4 Å². The van der Waals surface area contributed by atoms with E-state index in [9.17, 15) is 4.79 Å². The number of carboxylic acid groups (broad SMARTS) is 1. The first-order valence-electron chi connectivity index (χ1n) is 5.93. The first-order chi connectivity index (χ1) is 8.07. The number of hydrogen-bond acceptors (Lipinski definition) is 2. The summed E-state index contributed by atoms with van der Waals surface area (Å²) >= 11 is 0. The van der Waals surface area contributed by atoms with Gasteiger partial charge >= 0.3 is 5.97 Å². The first kappa shape index (κ1) is 15.7. The molecule has 3 heteroatoms. The van der Waals surface area contributed by atoms with Gasteiger partial charge in [0.25, 0.3) is 0 Å². The molecule has 0 aromatic carbocycles. The third-order valence-electron chi connectivity index (χ3n) is 2.46. The normalized spacial score (nSPS) is 10.9. The Labute approximate surface area is 104 Å². The lowest BCUT2D eigenvalue weighted by Gasteiger charge is -2.13. The number of hydrogen-bond donors (Lipinski definition) is 1. The maximum Gasteiger partial charge on any atom is 0.331 e. The van der Waals surface area contributed by atoms with Crippen molar-refractivity contribution in [3.05, 3.63) is 37.0 Å². The van der Waals surface area contributed by atoms with Crippen LogP contribution in [-0.4, -0.2) is 36.1 Å². The lowest BCUT2D eigenvalue weighted by Crippen LogP contribution is -2.20. The molecule has 0 aromatic heterocycles. The summed E-state index contributed by atoms with van der Waals surface area (Å²) in [5.74, 6) is -0.904. The summed E-state index contributed by atoms with van der Waals surface area (Å²) in [5, 5.41) is 8.65. The van der Waals surface area contributed by atoms with Crippen molar-refractivity contribution in [2.75, 3.05) is 20.1 Å². The van der Waals surface area contributed by atoms with Gasteiger partial charge in [-0.15, -0.1) is 6.58 Å². The Morgan fingerprint density at radius 2 is 2.06 bits per heavy atom. The van der Waals surface area contributed by atoms with E-state index in [-0.39, 0.29) is 5.57 Å². The maximum atomic E-state index is 10.5. The summed E-state index contributed by atoms with van der Waals surface area (Å²) in [6, 6.07) is 0. The molecule has 0 bridgehead atoms. The fourth-order valence-corrected chi connectivity index (χ4v) is 1.28. The highest BCUT2D eigenvalue weighted by Crippen LogP contribution is 2.00. The smallest absolute Gasteiger partial charge is 0.331 e.